The Kier molecular flexibility index (Phi) is 10.1. The van der Waals surface area contributed by atoms with E-state index in [0.717, 1.165) is 23.8 Å². The third kappa shape index (κ3) is 8.17. The lowest BCUT2D eigenvalue weighted by Gasteiger charge is -2.30. The molecule has 186 valence electrons. The summed E-state index contributed by atoms with van der Waals surface area (Å²) in [4.78, 5) is 27.6. The number of benzene rings is 2. The summed E-state index contributed by atoms with van der Waals surface area (Å²) in [6.07, 6.45) is 2.43. The molecule has 0 aliphatic carbocycles. The first-order chi connectivity index (χ1) is 16.0. The van der Waals surface area contributed by atoms with Gasteiger partial charge in [0, 0.05) is 25.6 Å². The van der Waals surface area contributed by atoms with Gasteiger partial charge in [0.25, 0.3) is 0 Å². The SMILES string of the molecule is CC[C@H](C)NC(=O)[C@@H](C)N(Cc1ccccc1)C(=O)CCCN(c1ccc(C)cc1)S(C)(=O)=O. The quantitative estimate of drug-likeness (QED) is 0.492. The highest BCUT2D eigenvalue weighted by Crippen LogP contribution is 2.20. The van der Waals surface area contributed by atoms with E-state index >= 15 is 0 Å². The largest absolute Gasteiger partial charge is 0.352 e. The van der Waals surface area contributed by atoms with Gasteiger partial charge >= 0.3 is 0 Å². The van der Waals surface area contributed by atoms with Crippen molar-refractivity contribution in [2.75, 3.05) is 17.1 Å². The molecule has 8 heteroatoms. The molecule has 2 atom stereocenters. The lowest BCUT2D eigenvalue weighted by Crippen LogP contribution is -2.49. The number of hydrogen-bond acceptors (Lipinski definition) is 4. The van der Waals surface area contributed by atoms with Crippen LogP contribution in [-0.4, -0.2) is 50.0 Å². The molecule has 0 unspecified atom stereocenters. The maximum atomic E-state index is 13.2. The summed E-state index contributed by atoms with van der Waals surface area (Å²) in [7, 11) is -3.50. The maximum Gasteiger partial charge on any atom is 0.242 e. The Morgan fingerprint density at radius 3 is 2.18 bits per heavy atom. The van der Waals surface area contributed by atoms with E-state index in [9.17, 15) is 18.0 Å². The number of rotatable bonds is 12. The fraction of sp³-hybridized carbons (Fsp3) is 0.462. The first-order valence-electron chi connectivity index (χ1n) is 11.7. The van der Waals surface area contributed by atoms with Crippen molar-refractivity contribution in [3.8, 4) is 0 Å². The average molecular weight is 488 g/mol. The van der Waals surface area contributed by atoms with Gasteiger partial charge in [0.15, 0.2) is 0 Å². The van der Waals surface area contributed by atoms with Gasteiger partial charge in [0.1, 0.15) is 6.04 Å². The number of carbonyl (C=O) groups is 2. The van der Waals surface area contributed by atoms with Gasteiger partial charge in [0.05, 0.1) is 11.9 Å². The molecule has 2 aromatic rings. The van der Waals surface area contributed by atoms with E-state index in [1.165, 1.54) is 4.31 Å². The van der Waals surface area contributed by atoms with Gasteiger partial charge in [-0.1, -0.05) is 55.0 Å². The molecule has 34 heavy (non-hydrogen) atoms. The van der Waals surface area contributed by atoms with Crippen LogP contribution in [0.15, 0.2) is 54.6 Å². The van der Waals surface area contributed by atoms with Gasteiger partial charge in [-0.3, -0.25) is 13.9 Å². The Hall–Kier alpha value is -2.87. The molecule has 0 fully saturated rings. The van der Waals surface area contributed by atoms with Crippen LogP contribution in [0.3, 0.4) is 0 Å². The molecule has 0 spiro atoms. The van der Waals surface area contributed by atoms with Gasteiger partial charge in [0.2, 0.25) is 21.8 Å². The fourth-order valence-electron chi connectivity index (χ4n) is 3.54. The topological polar surface area (TPSA) is 86.8 Å². The highest BCUT2D eigenvalue weighted by molar-refractivity contribution is 7.92. The van der Waals surface area contributed by atoms with Gasteiger partial charge in [-0.15, -0.1) is 0 Å². The number of sulfonamides is 1. The summed E-state index contributed by atoms with van der Waals surface area (Å²) in [6.45, 7) is 8.08. The lowest BCUT2D eigenvalue weighted by atomic mass is 10.1. The van der Waals surface area contributed by atoms with Crippen LogP contribution in [0.1, 0.15) is 51.2 Å². The second-order valence-corrected chi connectivity index (χ2v) is 10.7. The van der Waals surface area contributed by atoms with Crippen molar-refractivity contribution in [2.24, 2.45) is 0 Å². The van der Waals surface area contributed by atoms with Crippen LogP contribution in [0.5, 0.6) is 0 Å². The Balaban J connectivity index is 2.13. The zero-order valence-electron chi connectivity index (χ0n) is 20.8. The summed E-state index contributed by atoms with van der Waals surface area (Å²) in [6, 6.07) is 16.1. The molecule has 7 nitrogen and oxygen atoms in total. The second kappa shape index (κ2) is 12.6. The molecule has 0 aliphatic heterocycles. The molecule has 2 amide bonds. The molecule has 0 aromatic heterocycles. The van der Waals surface area contributed by atoms with Crippen LogP contribution < -0.4 is 9.62 Å². The van der Waals surface area contributed by atoms with Crippen LogP contribution in [0.2, 0.25) is 0 Å². The van der Waals surface area contributed by atoms with Crippen molar-refractivity contribution in [2.45, 2.75) is 65.6 Å². The van der Waals surface area contributed by atoms with Crippen molar-refractivity contribution in [1.82, 2.24) is 10.2 Å². The number of hydrogen-bond donors (Lipinski definition) is 1. The predicted molar refractivity (Wildman–Crippen MR) is 137 cm³/mol. The van der Waals surface area contributed by atoms with E-state index in [1.807, 2.05) is 63.2 Å². The van der Waals surface area contributed by atoms with E-state index in [4.69, 9.17) is 0 Å². The molecule has 0 saturated carbocycles. The van der Waals surface area contributed by atoms with Crippen LogP contribution >= 0.6 is 0 Å². The molecule has 0 aliphatic rings. The third-order valence-corrected chi connectivity index (χ3v) is 7.03. The summed E-state index contributed by atoms with van der Waals surface area (Å²) in [5.41, 5.74) is 2.54. The van der Waals surface area contributed by atoms with Crippen molar-refractivity contribution in [1.29, 1.82) is 0 Å². The Morgan fingerprint density at radius 2 is 1.62 bits per heavy atom. The standard InChI is InChI=1S/C26H37N3O4S/c1-6-21(3)27-26(31)22(4)28(19-23-11-8-7-9-12-23)25(30)13-10-18-29(34(5,32)33)24-16-14-20(2)15-17-24/h7-9,11-12,14-17,21-22H,6,10,13,18-19H2,1-5H3,(H,27,31)/t21-,22+/m0/s1. The van der Waals surface area contributed by atoms with Crippen molar-refractivity contribution < 1.29 is 18.0 Å². The lowest BCUT2D eigenvalue weighted by molar-refractivity contribution is -0.140. The predicted octanol–water partition coefficient (Wildman–Crippen LogP) is 3.87. The van der Waals surface area contributed by atoms with E-state index in [1.54, 1.807) is 24.0 Å². The zero-order valence-corrected chi connectivity index (χ0v) is 21.6. The van der Waals surface area contributed by atoms with Crippen molar-refractivity contribution in [3.63, 3.8) is 0 Å². The van der Waals surface area contributed by atoms with Gasteiger partial charge in [-0.25, -0.2) is 8.42 Å². The minimum atomic E-state index is -3.50. The van der Waals surface area contributed by atoms with Gasteiger partial charge in [-0.05, 0) is 51.3 Å². The number of aryl methyl sites for hydroxylation is 1. The smallest absolute Gasteiger partial charge is 0.242 e. The zero-order chi connectivity index (χ0) is 25.3. The average Bonchev–Trinajstić information content (AvgIpc) is 2.80. The molecule has 0 heterocycles. The van der Waals surface area contributed by atoms with Crippen LogP contribution in [0.25, 0.3) is 0 Å². The number of nitrogens with one attached hydrogen (secondary N) is 1. The van der Waals surface area contributed by atoms with Gasteiger partial charge < -0.3 is 10.2 Å². The second-order valence-electron chi connectivity index (χ2n) is 8.78. The maximum absolute atomic E-state index is 13.2. The number of amides is 2. The molecule has 0 radical (unpaired) electrons. The van der Waals surface area contributed by atoms with Crippen molar-refractivity contribution in [3.05, 3.63) is 65.7 Å². The third-order valence-electron chi connectivity index (χ3n) is 5.84. The molecular formula is C26H37N3O4S. The van der Waals surface area contributed by atoms with E-state index in [2.05, 4.69) is 5.32 Å². The summed E-state index contributed by atoms with van der Waals surface area (Å²) in [5.74, 6) is -0.385. The molecule has 0 bridgehead atoms. The van der Waals surface area contributed by atoms with Gasteiger partial charge in [-0.2, -0.15) is 0 Å². The van der Waals surface area contributed by atoms with E-state index in [-0.39, 0.29) is 30.8 Å². The summed E-state index contributed by atoms with van der Waals surface area (Å²) < 4.78 is 26.1. The van der Waals surface area contributed by atoms with Crippen LogP contribution in [0, 0.1) is 6.92 Å². The minimum absolute atomic E-state index is 0.0152. The Bertz CT molecular complexity index is 1040. The highest BCUT2D eigenvalue weighted by Gasteiger charge is 2.27. The Morgan fingerprint density at radius 1 is 1.00 bits per heavy atom. The normalized spacial score (nSPS) is 13.1. The number of nitrogens with zero attached hydrogens (tertiary/aromatic N) is 2. The van der Waals surface area contributed by atoms with Crippen LogP contribution in [-0.2, 0) is 26.2 Å². The molecular weight excluding hydrogens is 450 g/mol. The summed E-state index contributed by atoms with van der Waals surface area (Å²) in [5, 5.41) is 2.95. The summed E-state index contributed by atoms with van der Waals surface area (Å²) >= 11 is 0. The molecule has 0 saturated heterocycles. The highest BCUT2D eigenvalue weighted by atomic mass is 32.2. The van der Waals surface area contributed by atoms with Crippen molar-refractivity contribution >= 4 is 27.5 Å². The molecule has 2 rings (SSSR count). The fourth-order valence-corrected chi connectivity index (χ4v) is 4.51. The molecule has 2 aromatic carbocycles. The Labute approximate surface area is 204 Å². The van der Waals surface area contributed by atoms with E-state index < -0.39 is 16.1 Å². The minimum Gasteiger partial charge on any atom is -0.352 e. The first kappa shape index (κ1) is 27.4. The van der Waals surface area contributed by atoms with Crippen LogP contribution in [0.4, 0.5) is 5.69 Å². The monoisotopic (exact) mass is 487 g/mol. The number of anilines is 1. The molecule has 1 N–H and O–H groups in total. The van der Waals surface area contributed by atoms with E-state index in [0.29, 0.717) is 18.7 Å². The first-order valence-corrected chi connectivity index (χ1v) is 13.6. The number of carbonyl (C=O) groups excluding carboxylic acids is 2.